The van der Waals surface area contributed by atoms with Crippen molar-refractivity contribution < 1.29 is 0 Å². The van der Waals surface area contributed by atoms with Crippen molar-refractivity contribution in [3.63, 3.8) is 0 Å². The number of piperazine rings is 1. The van der Waals surface area contributed by atoms with E-state index in [0.717, 1.165) is 37.6 Å². The van der Waals surface area contributed by atoms with Crippen LogP contribution < -0.4 is 15.5 Å². The normalized spacial score (nSPS) is 15.3. The van der Waals surface area contributed by atoms with Gasteiger partial charge in [0, 0.05) is 37.4 Å². The van der Waals surface area contributed by atoms with Crippen molar-refractivity contribution in [3.8, 4) is 0 Å². The Morgan fingerprint density at radius 3 is 2.43 bits per heavy atom. The number of hydrogen-bond acceptors (Lipinski definition) is 5. The van der Waals surface area contributed by atoms with Crippen molar-refractivity contribution in [2.45, 2.75) is 13.8 Å². The van der Waals surface area contributed by atoms with Crippen LogP contribution in [-0.4, -0.2) is 36.1 Å². The fraction of sp³-hybridized carbons (Fsp3) is 0.375. The molecular weight excluding hydrogens is 262 g/mol. The quantitative estimate of drug-likeness (QED) is 0.913. The fourth-order valence-electron chi connectivity index (χ4n) is 2.77. The number of rotatable bonds is 2. The predicted molar refractivity (Wildman–Crippen MR) is 86.8 cm³/mol. The van der Waals surface area contributed by atoms with Gasteiger partial charge in [0.25, 0.3) is 0 Å². The molecule has 0 spiro atoms. The van der Waals surface area contributed by atoms with Crippen LogP contribution in [-0.2, 0) is 0 Å². The second-order valence-corrected chi connectivity index (χ2v) is 5.52. The third-order valence-electron chi connectivity index (χ3n) is 4.04. The number of hydrogen-bond donors (Lipinski definition) is 1. The van der Waals surface area contributed by atoms with E-state index in [2.05, 4.69) is 51.0 Å². The Hall–Kier alpha value is -2.30. The number of aromatic nitrogens is 2. The summed E-state index contributed by atoms with van der Waals surface area (Å²) in [6.07, 6.45) is 1.55. The van der Waals surface area contributed by atoms with E-state index >= 15 is 0 Å². The molecule has 1 fully saturated rings. The average molecular weight is 283 g/mol. The third kappa shape index (κ3) is 2.77. The highest BCUT2D eigenvalue weighted by atomic mass is 15.3. The SMILES string of the molecule is Cc1cccc(N2CCN(c3ncnc(N)c3C)CC2)c1. The van der Waals surface area contributed by atoms with Gasteiger partial charge in [-0.05, 0) is 31.5 Å². The molecule has 0 bridgehead atoms. The lowest BCUT2D eigenvalue weighted by Crippen LogP contribution is -2.47. The third-order valence-corrected chi connectivity index (χ3v) is 4.04. The first-order valence-electron chi connectivity index (χ1n) is 7.29. The zero-order chi connectivity index (χ0) is 14.8. The molecule has 3 rings (SSSR count). The molecule has 2 heterocycles. The van der Waals surface area contributed by atoms with Crippen LogP contribution in [0.15, 0.2) is 30.6 Å². The maximum atomic E-state index is 5.87. The molecule has 1 aliphatic rings. The lowest BCUT2D eigenvalue weighted by molar-refractivity contribution is 0.645. The topological polar surface area (TPSA) is 58.3 Å². The maximum absolute atomic E-state index is 5.87. The van der Waals surface area contributed by atoms with Crippen LogP contribution in [0.5, 0.6) is 0 Å². The van der Waals surface area contributed by atoms with Gasteiger partial charge in [0.1, 0.15) is 18.0 Å². The molecule has 110 valence electrons. The van der Waals surface area contributed by atoms with Crippen LogP contribution in [0.25, 0.3) is 0 Å². The predicted octanol–water partition coefficient (Wildman–Crippen LogP) is 2.00. The van der Waals surface area contributed by atoms with Gasteiger partial charge in [-0.1, -0.05) is 12.1 Å². The standard InChI is InChI=1S/C16H21N5/c1-12-4-3-5-14(10-12)20-6-8-21(9-7-20)16-13(2)15(17)18-11-19-16/h3-5,10-11H,6-9H2,1-2H3,(H2,17,18,19). The van der Waals surface area contributed by atoms with Gasteiger partial charge >= 0.3 is 0 Å². The van der Waals surface area contributed by atoms with Gasteiger partial charge in [-0.15, -0.1) is 0 Å². The minimum Gasteiger partial charge on any atom is -0.383 e. The van der Waals surface area contributed by atoms with Crippen LogP contribution in [0.1, 0.15) is 11.1 Å². The summed E-state index contributed by atoms with van der Waals surface area (Å²) in [5.41, 5.74) is 9.45. The van der Waals surface area contributed by atoms with E-state index in [1.807, 2.05) is 6.92 Å². The second kappa shape index (κ2) is 5.60. The zero-order valence-corrected chi connectivity index (χ0v) is 12.6. The first-order chi connectivity index (χ1) is 10.1. The van der Waals surface area contributed by atoms with Gasteiger partial charge < -0.3 is 15.5 Å². The Bertz CT molecular complexity index is 632. The molecule has 5 nitrogen and oxygen atoms in total. The van der Waals surface area contributed by atoms with Crippen molar-refractivity contribution in [1.29, 1.82) is 0 Å². The minimum absolute atomic E-state index is 0.570. The summed E-state index contributed by atoms with van der Waals surface area (Å²) in [5.74, 6) is 1.53. The number of nitrogen functional groups attached to an aromatic ring is 1. The molecule has 0 saturated carbocycles. The largest absolute Gasteiger partial charge is 0.383 e. The molecular formula is C16H21N5. The number of aryl methyl sites for hydroxylation is 1. The molecule has 0 amide bonds. The van der Waals surface area contributed by atoms with Crippen molar-refractivity contribution in [2.75, 3.05) is 41.7 Å². The fourth-order valence-corrected chi connectivity index (χ4v) is 2.77. The van der Waals surface area contributed by atoms with E-state index in [-0.39, 0.29) is 0 Å². The van der Waals surface area contributed by atoms with E-state index in [9.17, 15) is 0 Å². The molecule has 0 unspecified atom stereocenters. The molecule has 1 saturated heterocycles. The van der Waals surface area contributed by atoms with Crippen molar-refractivity contribution in [2.24, 2.45) is 0 Å². The summed E-state index contributed by atoms with van der Waals surface area (Å²) >= 11 is 0. The van der Waals surface area contributed by atoms with Gasteiger partial charge in [-0.2, -0.15) is 0 Å². The summed E-state index contributed by atoms with van der Waals surface area (Å²) in [6.45, 7) is 8.00. The second-order valence-electron chi connectivity index (χ2n) is 5.52. The number of nitrogens with two attached hydrogens (primary N) is 1. The zero-order valence-electron chi connectivity index (χ0n) is 12.6. The Morgan fingerprint density at radius 2 is 1.71 bits per heavy atom. The highest BCUT2D eigenvalue weighted by molar-refractivity contribution is 5.57. The van der Waals surface area contributed by atoms with E-state index in [1.54, 1.807) is 6.33 Å². The summed E-state index contributed by atoms with van der Waals surface area (Å²) in [5, 5.41) is 0. The molecule has 0 radical (unpaired) electrons. The first kappa shape index (κ1) is 13.7. The van der Waals surface area contributed by atoms with Crippen LogP contribution >= 0.6 is 0 Å². The highest BCUT2D eigenvalue weighted by Crippen LogP contribution is 2.23. The molecule has 1 aromatic heterocycles. The van der Waals surface area contributed by atoms with Gasteiger partial charge in [0.15, 0.2) is 0 Å². The first-order valence-corrected chi connectivity index (χ1v) is 7.29. The Balaban J connectivity index is 1.72. The molecule has 21 heavy (non-hydrogen) atoms. The molecule has 2 N–H and O–H groups in total. The van der Waals surface area contributed by atoms with Gasteiger partial charge in [0.2, 0.25) is 0 Å². The number of benzene rings is 1. The van der Waals surface area contributed by atoms with Gasteiger partial charge in [-0.3, -0.25) is 0 Å². The summed E-state index contributed by atoms with van der Waals surface area (Å²) < 4.78 is 0. The highest BCUT2D eigenvalue weighted by Gasteiger charge is 2.20. The Morgan fingerprint density at radius 1 is 1.00 bits per heavy atom. The maximum Gasteiger partial charge on any atom is 0.137 e. The lowest BCUT2D eigenvalue weighted by Gasteiger charge is -2.37. The van der Waals surface area contributed by atoms with Crippen molar-refractivity contribution in [1.82, 2.24) is 9.97 Å². The Labute approximate surface area is 125 Å². The molecule has 1 aliphatic heterocycles. The summed E-state index contributed by atoms with van der Waals surface area (Å²) in [6, 6.07) is 8.67. The number of nitrogens with zero attached hydrogens (tertiary/aromatic N) is 4. The lowest BCUT2D eigenvalue weighted by atomic mass is 10.2. The molecule has 5 heteroatoms. The van der Waals surface area contributed by atoms with E-state index in [1.165, 1.54) is 11.3 Å². The number of anilines is 3. The van der Waals surface area contributed by atoms with Crippen LogP contribution in [0, 0.1) is 13.8 Å². The van der Waals surface area contributed by atoms with Crippen LogP contribution in [0.3, 0.4) is 0 Å². The average Bonchev–Trinajstić information content (AvgIpc) is 2.50. The van der Waals surface area contributed by atoms with Crippen molar-refractivity contribution >= 4 is 17.3 Å². The molecule has 0 atom stereocenters. The van der Waals surface area contributed by atoms with Crippen molar-refractivity contribution in [3.05, 3.63) is 41.7 Å². The van der Waals surface area contributed by atoms with Crippen LogP contribution in [0.4, 0.5) is 17.3 Å². The van der Waals surface area contributed by atoms with E-state index < -0.39 is 0 Å². The minimum atomic E-state index is 0.570. The molecule has 2 aromatic rings. The summed E-state index contributed by atoms with van der Waals surface area (Å²) in [7, 11) is 0. The summed E-state index contributed by atoms with van der Waals surface area (Å²) in [4.78, 5) is 13.1. The molecule has 0 aliphatic carbocycles. The van der Waals surface area contributed by atoms with E-state index in [4.69, 9.17) is 5.73 Å². The smallest absolute Gasteiger partial charge is 0.137 e. The van der Waals surface area contributed by atoms with E-state index in [0.29, 0.717) is 5.82 Å². The molecule has 1 aromatic carbocycles. The van der Waals surface area contributed by atoms with Gasteiger partial charge in [-0.25, -0.2) is 9.97 Å². The monoisotopic (exact) mass is 283 g/mol. The Kier molecular flexibility index (Phi) is 3.64. The van der Waals surface area contributed by atoms with Crippen LogP contribution in [0.2, 0.25) is 0 Å². The van der Waals surface area contributed by atoms with Gasteiger partial charge in [0.05, 0.1) is 0 Å².